The lowest BCUT2D eigenvalue weighted by Crippen LogP contribution is -2.59. The lowest BCUT2D eigenvalue weighted by Gasteiger charge is -2.47. The van der Waals surface area contributed by atoms with Gasteiger partial charge >= 0.3 is 0 Å². The average Bonchev–Trinajstić information content (AvgIpc) is 2.78. The Kier molecular flexibility index (Phi) is 7.29. The lowest BCUT2D eigenvalue weighted by atomic mass is 9.88. The number of nitrogens with zero attached hydrogens (tertiary/aromatic N) is 1. The van der Waals surface area contributed by atoms with Crippen LogP contribution in [0.2, 0.25) is 0 Å². The van der Waals surface area contributed by atoms with Crippen molar-refractivity contribution in [2.45, 2.75) is 32.9 Å². The molecule has 1 N–H and O–H groups in total. The fourth-order valence-corrected chi connectivity index (χ4v) is 5.61. The summed E-state index contributed by atoms with van der Waals surface area (Å²) in [5.41, 5.74) is 3.71. The summed E-state index contributed by atoms with van der Waals surface area (Å²) in [6.07, 6.45) is 0.778. The smallest absolute Gasteiger partial charge is 0.137 e. The first-order chi connectivity index (χ1) is 15.5. The Hall–Kier alpha value is -2.62. The summed E-state index contributed by atoms with van der Waals surface area (Å²) in [6, 6.07) is 29.2. The zero-order valence-electron chi connectivity index (χ0n) is 19.4. The molecule has 1 heterocycles. The molecule has 1 saturated heterocycles. The Morgan fingerprint density at radius 1 is 0.812 bits per heavy atom. The predicted octanol–water partition coefficient (Wildman–Crippen LogP) is 5.79. The van der Waals surface area contributed by atoms with E-state index in [0.29, 0.717) is 18.4 Å². The molecule has 0 spiro atoms. The highest BCUT2D eigenvalue weighted by atomic mass is 16.5. The van der Waals surface area contributed by atoms with Gasteiger partial charge < -0.3 is 14.3 Å². The van der Waals surface area contributed by atoms with Gasteiger partial charge in [0.1, 0.15) is 31.5 Å². The second-order valence-electron chi connectivity index (χ2n) is 9.83. The van der Waals surface area contributed by atoms with Gasteiger partial charge in [-0.1, -0.05) is 86.6 Å². The predicted molar refractivity (Wildman–Crippen MR) is 131 cm³/mol. The van der Waals surface area contributed by atoms with Crippen LogP contribution in [0, 0.1) is 11.8 Å². The fraction of sp³-hybridized carbons (Fsp3) is 0.379. The van der Waals surface area contributed by atoms with Crippen LogP contribution in [0.25, 0.3) is 11.1 Å². The maximum Gasteiger partial charge on any atom is 0.137 e. The Balaban J connectivity index is 1.39. The van der Waals surface area contributed by atoms with Crippen molar-refractivity contribution >= 4 is 0 Å². The van der Waals surface area contributed by atoms with Crippen LogP contribution in [0.5, 0.6) is 5.75 Å². The summed E-state index contributed by atoms with van der Waals surface area (Å²) >= 11 is 0. The van der Waals surface area contributed by atoms with E-state index in [1.165, 1.54) is 23.1 Å². The van der Waals surface area contributed by atoms with Gasteiger partial charge in [-0.15, -0.1) is 0 Å². The number of ether oxygens (including phenoxy) is 1. The molecule has 1 unspecified atom stereocenters. The first-order valence-corrected chi connectivity index (χ1v) is 11.9. The van der Waals surface area contributed by atoms with Crippen LogP contribution in [0.1, 0.15) is 25.8 Å². The molecule has 3 aromatic rings. The summed E-state index contributed by atoms with van der Waals surface area (Å²) in [6.45, 7) is 8.95. The van der Waals surface area contributed by atoms with Gasteiger partial charge in [0.2, 0.25) is 0 Å². The second-order valence-corrected chi connectivity index (χ2v) is 9.83. The molecule has 3 nitrogen and oxygen atoms in total. The van der Waals surface area contributed by atoms with E-state index in [4.69, 9.17) is 4.74 Å². The molecule has 32 heavy (non-hydrogen) atoms. The molecule has 0 aromatic heterocycles. The van der Waals surface area contributed by atoms with Gasteiger partial charge in [-0.25, -0.2) is 0 Å². The number of hydrogen-bond donors (Lipinski definition) is 1. The SMILES string of the molecule is C[C@@H]1C[C@H](C)C[N+](Cc2ccccc2)(C[C@@H](O)COc2ccc(-c3ccccc3)cc2)C1. The van der Waals surface area contributed by atoms with Crippen molar-refractivity contribution in [3.8, 4) is 16.9 Å². The monoisotopic (exact) mass is 430 g/mol. The van der Waals surface area contributed by atoms with E-state index in [-0.39, 0.29) is 0 Å². The Morgan fingerprint density at radius 2 is 1.38 bits per heavy atom. The van der Waals surface area contributed by atoms with Gasteiger partial charge in [-0.05, 0) is 29.7 Å². The molecular formula is C29H36NO2+. The first-order valence-electron chi connectivity index (χ1n) is 11.9. The van der Waals surface area contributed by atoms with Crippen molar-refractivity contribution in [2.24, 2.45) is 11.8 Å². The molecule has 1 aliphatic rings. The molecule has 4 atom stereocenters. The minimum absolute atomic E-state index is 0.322. The van der Waals surface area contributed by atoms with Gasteiger partial charge in [0.05, 0.1) is 13.1 Å². The van der Waals surface area contributed by atoms with Crippen molar-refractivity contribution in [2.75, 3.05) is 26.2 Å². The largest absolute Gasteiger partial charge is 0.491 e. The molecule has 0 amide bonds. The molecule has 0 saturated carbocycles. The molecule has 3 aromatic carbocycles. The zero-order valence-corrected chi connectivity index (χ0v) is 19.4. The van der Waals surface area contributed by atoms with E-state index in [0.717, 1.165) is 36.4 Å². The standard InChI is InChI=1S/C29H36NO2/c1-23-17-24(2)19-30(18-23,20-25-9-5-3-6-10-25)21-28(31)22-32-29-15-13-27(14-16-29)26-11-7-4-8-12-26/h3-16,23-24,28,31H,17-22H2,1-2H3/q+1/t23-,24+,28-,30?/m1/s1. The third kappa shape index (κ3) is 5.99. The quantitative estimate of drug-likeness (QED) is 0.459. The van der Waals surface area contributed by atoms with Crippen LogP contribution in [0.4, 0.5) is 0 Å². The Bertz CT molecular complexity index is 945. The number of piperidine rings is 1. The van der Waals surface area contributed by atoms with Crippen LogP contribution in [0.3, 0.4) is 0 Å². The van der Waals surface area contributed by atoms with Crippen LogP contribution < -0.4 is 4.74 Å². The van der Waals surface area contributed by atoms with Crippen LogP contribution >= 0.6 is 0 Å². The lowest BCUT2D eigenvalue weighted by molar-refractivity contribution is -0.954. The maximum atomic E-state index is 11.0. The van der Waals surface area contributed by atoms with Gasteiger partial charge in [0, 0.05) is 17.4 Å². The summed E-state index contributed by atoms with van der Waals surface area (Å²) in [5, 5.41) is 11.0. The van der Waals surface area contributed by atoms with E-state index in [9.17, 15) is 5.11 Å². The van der Waals surface area contributed by atoms with Gasteiger partial charge in [0.15, 0.2) is 0 Å². The topological polar surface area (TPSA) is 29.5 Å². The third-order valence-electron chi connectivity index (χ3n) is 6.57. The summed E-state index contributed by atoms with van der Waals surface area (Å²) in [5.74, 6) is 2.14. The van der Waals surface area contributed by atoms with Crippen LogP contribution in [-0.4, -0.2) is 41.9 Å². The second kappa shape index (κ2) is 10.3. The van der Waals surface area contributed by atoms with E-state index in [1.54, 1.807) is 0 Å². The normalized spacial score (nSPS) is 24.1. The number of rotatable bonds is 8. The average molecular weight is 431 g/mol. The van der Waals surface area contributed by atoms with Gasteiger partial charge in [-0.3, -0.25) is 0 Å². The minimum atomic E-state index is -0.495. The number of aliphatic hydroxyl groups excluding tert-OH is 1. The summed E-state index contributed by atoms with van der Waals surface area (Å²) < 4.78 is 6.92. The van der Waals surface area contributed by atoms with Crippen molar-refractivity contribution in [1.29, 1.82) is 0 Å². The molecule has 168 valence electrons. The van der Waals surface area contributed by atoms with Crippen molar-refractivity contribution in [3.05, 3.63) is 90.5 Å². The Morgan fingerprint density at radius 3 is 2.00 bits per heavy atom. The summed E-state index contributed by atoms with van der Waals surface area (Å²) in [4.78, 5) is 0. The Labute approximate surface area is 192 Å². The van der Waals surface area contributed by atoms with Gasteiger partial charge in [0.25, 0.3) is 0 Å². The molecule has 3 heteroatoms. The molecule has 4 rings (SSSR count). The molecule has 1 fully saturated rings. The molecule has 1 aliphatic heterocycles. The third-order valence-corrected chi connectivity index (χ3v) is 6.57. The number of likely N-dealkylation sites (tertiary alicyclic amines) is 1. The minimum Gasteiger partial charge on any atom is -0.491 e. The van der Waals surface area contributed by atoms with E-state index in [1.807, 2.05) is 30.3 Å². The number of benzene rings is 3. The van der Waals surface area contributed by atoms with E-state index < -0.39 is 6.10 Å². The maximum absolute atomic E-state index is 11.0. The van der Waals surface area contributed by atoms with Crippen LogP contribution in [0.15, 0.2) is 84.9 Å². The molecule has 0 aliphatic carbocycles. The van der Waals surface area contributed by atoms with Gasteiger partial charge in [-0.2, -0.15) is 0 Å². The van der Waals surface area contributed by atoms with E-state index >= 15 is 0 Å². The molecular weight excluding hydrogens is 394 g/mol. The van der Waals surface area contributed by atoms with E-state index in [2.05, 4.69) is 68.4 Å². The number of quaternary nitrogens is 1. The highest BCUT2D eigenvalue weighted by molar-refractivity contribution is 5.63. The van der Waals surface area contributed by atoms with Crippen molar-refractivity contribution < 1.29 is 14.3 Å². The van der Waals surface area contributed by atoms with Crippen molar-refractivity contribution in [1.82, 2.24) is 0 Å². The number of hydrogen-bond acceptors (Lipinski definition) is 2. The molecule has 0 bridgehead atoms. The number of aliphatic hydroxyl groups is 1. The fourth-order valence-electron chi connectivity index (χ4n) is 5.61. The van der Waals surface area contributed by atoms with Crippen LogP contribution in [-0.2, 0) is 6.54 Å². The molecule has 0 radical (unpaired) electrons. The summed E-state index contributed by atoms with van der Waals surface area (Å²) in [7, 11) is 0. The highest BCUT2D eigenvalue weighted by Gasteiger charge is 2.38. The zero-order chi connectivity index (χ0) is 22.4. The first kappa shape index (κ1) is 22.6. The van der Waals surface area contributed by atoms with Crippen molar-refractivity contribution in [3.63, 3.8) is 0 Å². The highest BCUT2D eigenvalue weighted by Crippen LogP contribution is 2.30.